The van der Waals surface area contributed by atoms with Crippen LogP contribution >= 0.6 is 0 Å². The summed E-state index contributed by atoms with van der Waals surface area (Å²) in [5.41, 5.74) is 0.606. The van der Waals surface area contributed by atoms with Gasteiger partial charge in [0.15, 0.2) is 0 Å². The lowest BCUT2D eigenvalue weighted by molar-refractivity contribution is -0.141. The van der Waals surface area contributed by atoms with Crippen LogP contribution in [-0.2, 0) is 9.53 Å². The maximum Gasteiger partial charge on any atom is 0.302 e. The predicted octanol–water partition coefficient (Wildman–Crippen LogP) is 5.66. The first-order valence-corrected chi connectivity index (χ1v) is 8.23. The molecule has 0 aliphatic heterocycles. The third-order valence-corrected chi connectivity index (χ3v) is 4.66. The van der Waals surface area contributed by atoms with E-state index in [4.69, 9.17) is 4.74 Å². The van der Waals surface area contributed by atoms with Crippen molar-refractivity contribution in [2.24, 2.45) is 5.41 Å². The van der Waals surface area contributed by atoms with E-state index in [9.17, 15) is 4.79 Å². The Morgan fingerprint density at radius 2 is 1.30 bits per heavy atom. The molecule has 0 aromatic rings. The molecule has 0 atom stereocenters. The normalized spacial score (nSPS) is 11.0. The zero-order valence-electron chi connectivity index (χ0n) is 14.3. The first kappa shape index (κ1) is 21.7. The molecule has 0 heterocycles. The van der Waals surface area contributed by atoms with Gasteiger partial charge in [0.2, 0.25) is 0 Å². The topological polar surface area (TPSA) is 61.3 Å². The van der Waals surface area contributed by atoms with Crippen LogP contribution in [0.4, 0.5) is 0 Å². The summed E-state index contributed by atoms with van der Waals surface area (Å²) in [7, 11) is 0. The van der Waals surface area contributed by atoms with Crippen molar-refractivity contribution in [1.29, 1.82) is 0 Å². The summed E-state index contributed by atoms with van der Waals surface area (Å²) in [6.45, 7) is 9.08. The molecule has 0 amide bonds. The summed E-state index contributed by atoms with van der Waals surface area (Å²) in [4.78, 5) is 10.6. The molecule has 0 aliphatic rings. The van der Waals surface area contributed by atoms with E-state index in [1.54, 1.807) is 0 Å². The summed E-state index contributed by atoms with van der Waals surface area (Å²) < 4.78 is 4.92. The Labute approximate surface area is 126 Å². The number of hydrogen-bond acceptors (Lipinski definition) is 3. The van der Waals surface area contributed by atoms with Crippen molar-refractivity contribution in [1.82, 2.24) is 6.15 Å². The molecule has 20 heavy (non-hydrogen) atoms. The van der Waals surface area contributed by atoms with Crippen LogP contribution in [0.2, 0.25) is 0 Å². The van der Waals surface area contributed by atoms with E-state index < -0.39 is 0 Å². The van der Waals surface area contributed by atoms with Crippen molar-refractivity contribution in [3.05, 3.63) is 0 Å². The Kier molecular flexibility index (Phi) is 14.6. The molecule has 0 saturated heterocycles. The Balaban J connectivity index is 0. The van der Waals surface area contributed by atoms with Gasteiger partial charge >= 0.3 is 5.97 Å². The fourth-order valence-electron chi connectivity index (χ4n) is 2.81. The highest BCUT2D eigenvalue weighted by atomic mass is 16.5. The van der Waals surface area contributed by atoms with Gasteiger partial charge in [-0.25, -0.2) is 0 Å². The molecule has 0 bridgehead atoms. The molecule has 0 saturated carbocycles. The summed E-state index contributed by atoms with van der Waals surface area (Å²) >= 11 is 0. The van der Waals surface area contributed by atoms with Crippen LogP contribution in [0.3, 0.4) is 0 Å². The van der Waals surface area contributed by atoms with Gasteiger partial charge in [-0.1, -0.05) is 72.1 Å². The van der Waals surface area contributed by atoms with Crippen molar-refractivity contribution in [2.45, 2.75) is 91.9 Å². The lowest BCUT2D eigenvalue weighted by Crippen LogP contribution is -2.17. The first-order valence-electron chi connectivity index (χ1n) is 8.23. The molecule has 0 aromatic heterocycles. The van der Waals surface area contributed by atoms with Crippen molar-refractivity contribution >= 4 is 5.97 Å². The van der Waals surface area contributed by atoms with Gasteiger partial charge in [0.1, 0.15) is 0 Å². The van der Waals surface area contributed by atoms with Gasteiger partial charge in [0.05, 0.1) is 6.61 Å². The maximum absolute atomic E-state index is 10.6. The number of ether oxygens (including phenoxy) is 1. The maximum atomic E-state index is 10.6. The SMILES string of the molecule is CCC(CC)(CC)CCCCCCCCOC(C)=O.N. The standard InChI is InChI=1S/C17H34O2.H3N/c1-5-17(6-2,7-3)14-12-10-8-9-11-13-15-19-16(4)18;/h5-15H2,1-4H3;1H3. The van der Waals surface area contributed by atoms with Gasteiger partial charge in [-0.15, -0.1) is 0 Å². The molecule has 0 aliphatic carbocycles. The molecule has 122 valence electrons. The molecule has 0 spiro atoms. The van der Waals surface area contributed by atoms with Crippen LogP contribution in [0.5, 0.6) is 0 Å². The minimum Gasteiger partial charge on any atom is -0.466 e. The Morgan fingerprint density at radius 1 is 0.850 bits per heavy atom. The van der Waals surface area contributed by atoms with Gasteiger partial charge in [-0.2, -0.15) is 0 Å². The van der Waals surface area contributed by atoms with Gasteiger partial charge in [0.25, 0.3) is 0 Å². The van der Waals surface area contributed by atoms with Crippen LogP contribution < -0.4 is 6.15 Å². The number of esters is 1. The smallest absolute Gasteiger partial charge is 0.302 e. The Bertz CT molecular complexity index is 217. The summed E-state index contributed by atoms with van der Waals surface area (Å²) in [5, 5.41) is 0. The number of carbonyl (C=O) groups excluding carboxylic acids is 1. The second kappa shape index (κ2) is 13.4. The molecular weight excluding hydrogens is 250 g/mol. The zero-order valence-corrected chi connectivity index (χ0v) is 14.3. The van der Waals surface area contributed by atoms with E-state index >= 15 is 0 Å². The van der Waals surface area contributed by atoms with E-state index in [1.807, 2.05) is 0 Å². The molecule has 3 N–H and O–H groups in total. The van der Waals surface area contributed by atoms with Crippen LogP contribution in [0.25, 0.3) is 0 Å². The number of unbranched alkanes of at least 4 members (excludes halogenated alkanes) is 5. The fourth-order valence-corrected chi connectivity index (χ4v) is 2.81. The number of rotatable bonds is 12. The molecule has 0 aromatic carbocycles. The lowest BCUT2D eigenvalue weighted by atomic mass is 9.75. The van der Waals surface area contributed by atoms with E-state index in [0.29, 0.717) is 12.0 Å². The first-order chi connectivity index (χ1) is 9.10. The fraction of sp³-hybridized carbons (Fsp3) is 0.941. The highest BCUT2D eigenvalue weighted by molar-refractivity contribution is 5.65. The quantitative estimate of drug-likeness (QED) is 0.372. The van der Waals surface area contributed by atoms with Crippen LogP contribution in [0.15, 0.2) is 0 Å². The van der Waals surface area contributed by atoms with E-state index in [2.05, 4.69) is 20.8 Å². The van der Waals surface area contributed by atoms with Crippen molar-refractivity contribution in [3.63, 3.8) is 0 Å². The predicted molar refractivity (Wildman–Crippen MR) is 87.3 cm³/mol. The summed E-state index contributed by atoms with van der Waals surface area (Å²) in [5.74, 6) is -0.157. The van der Waals surface area contributed by atoms with Crippen LogP contribution in [-0.4, -0.2) is 12.6 Å². The van der Waals surface area contributed by atoms with E-state index in [1.165, 1.54) is 64.7 Å². The van der Waals surface area contributed by atoms with Crippen LogP contribution in [0, 0.1) is 5.41 Å². The number of carbonyl (C=O) groups is 1. The molecule has 3 heteroatoms. The van der Waals surface area contributed by atoms with Crippen molar-refractivity contribution in [2.75, 3.05) is 6.61 Å². The third-order valence-electron chi connectivity index (χ3n) is 4.66. The molecule has 0 fully saturated rings. The van der Waals surface area contributed by atoms with Gasteiger partial charge in [-0.3, -0.25) is 4.79 Å². The van der Waals surface area contributed by atoms with Crippen LogP contribution in [0.1, 0.15) is 91.9 Å². The minimum absolute atomic E-state index is 0. The number of hydrogen-bond donors (Lipinski definition) is 1. The van der Waals surface area contributed by atoms with Crippen molar-refractivity contribution < 1.29 is 9.53 Å². The molecular formula is C17H37NO2. The average molecular weight is 287 g/mol. The Morgan fingerprint density at radius 3 is 1.75 bits per heavy atom. The van der Waals surface area contributed by atoms with E-state index in [-0.39, 0.29) is 12.1 Å². The van der Waals surface area contributed by atoms with Gasteiger partial charge < -0.3 is 10.9 Å². The molecule has 0 unspecified atom stereocenters. The monoisotopic (exact) mass is 287 g/mol. The van der Waals surface area contributed by atoms with Crippen molar-refractivity contribution in [3.8, 4) is 0 Å². The third kappa shape index (κ3) is 10.2. The molecule has 3 nitrogen and oxygen atoms in total. The second-order valence-corrected chi connectivity index (χ2v) is 5.77. The highest BCUT2D eigenvalue weighted by Crippen LogP contribution is 2.36. The summed E-state index contributed by atoms with van der Waals surface area (Å²) in [6, 6.07) is 0. The average Bonchev–Trinajstić information content (AvgIpc) is 2.41. The second-order valence-electron chi connectivity index (χ2n) is 5.77. The van der Waals surface area contributed by atoms with Gasteiger partial charge in [-0.05, 0) is 18.3 Å². The molecule has 0 radical (unpaired) electrons. The van der Waals surface area contributed by atoms with Gasteiger partial charge in [0, 0.05) is 6.92 Å². The largest absolute Gasteiger partial charge is 0.466 e. The minimum atomic E-state index is -0.157. The lowest BCUT2D eigenvalue weighted by Gasteiger charge is -2.30. The highest BCUT2D eigenvalue weighted by Gasteiger charge is 2.22. The summed E-state index contributed by atoms with van der Waals surface area (Å²) in [6.07, 6.45) is 12.9. The Hall–Kier alpha value is -0.570. The molecule has 0 rings (SSSR count). The van der Waals surface area contributed by atoms with E-state index in [0.717, 1.165) is 6.42 Å². The zero-order chi connectivity index (χ0) is 14.6.